The Morgan fingerprint density at radius 2 is 2.40 bits per heavy atom. The first kappa shape index (κ1) is 9.70. The highest BCUT2D eigenvalue weighted by Gasteiger charge is 2.18. The van der Waals surface area contributed by atoms with Crippen LogP contribution in [0.25, 0.3) is 0 Å². The van der Waals surface area contributed by atoms with Gasteiger partial charge in [-0.25, -0.2) is 4.98 Å². The number of hydrogen-bond acceptors (Lipinski definition) is 4. The fraction of sp³-hybridized carbons (Fsp3) is 0.500. The molecular weight excluding hydrogens is 190 g/mol. The predicted octanol–water partition coefficient (Wildman–Crippen LogP) is 0.236. The second-order valence-electron chi connectivity index (χ2n) is 3.68. The average molecular weight is 201 g/mol. The van der Waals surface area contributed by atoms with Gasteiger partial charge in [-0.2, -0.15) is 10.5 Å². The lowest BCUT2D eigenvalue weighted by Crippen LogP contribution is -2.15. The van der Waals surface area contributed by atoms with Crippen molar-refractivity contribution in [3.63, 3.8) is 0 Å². The van der Waals surface area contributed by atoms with E-state index >= 15 is 0 Å². The topological polar surface area (TPSA) is 77.4 Å². The van der Waals surface area contributed by atoms with Crippen LogP contribution in [-0.2, 0) is 6.54 Å². The van der Waals surface area contributed by atoms with E-state index in [1.807, 2.05) is 12.1 Å². The van der Waals surface area contributed by atoms with Crippen molar-refractivity contribution in [2.45, 2.75) is 13.0 Å². The molecular formula is C10H11N5. The summed E-state index contributed by atoms with van der Waals surface area (Å²) in [6.45, 7) is 2.78. The molecule has 5 nitrogen and oxygen atoms in total. The summed E-state index contributed by atoms with van der Waals surface area (Å²) in [5.74, 6) is 0.540. The summed E-state index contributed by atoms with van der Waals surface area (Å²) in [6, 6.07) is 3.95. The summed E-state index contributed by atoms with van der Waals surface area (Å²) in [5.41, 5.74) is 0.604. The van der Waals surface area contributed by atoms with Crippen molar-refractivity contribution in [2.75, 3.05) is 13.1 Å². The highest BCUT2D eigenvalue weighted by atomic mass is 15.1. The van der Waals surface area contributed by atoms with E-state index in [4.69, 9.17) is 10.5 Å². The second kappa shape index (κ2) is 4.12. The number of nitrogens with one attached hydrogen (secondary N) is 1. The van der Waals surface area contributed by atoms with Crippen LogP contribution in [0.15, 0.2) is 6.33 Å². The molecule has 1 aliphatic heterocycles. The van der Waals surface area contributed by atoms with Crippen LogP contribution < -0.4 is 5.32 Å². The van der Waals surface area contributed by atoms with E-state index in [0.29, 0.717) is 11.6 Å². The molecule has 1 aromatic rings. The number of imidazole rings is 1. The molecule has 5 heteroatoms. The zero-order valence-corrected chi connectivity index (χ0v) is 8.27. The standard InChI is InChI=1S/C10H11N5/c11-3-9-10(4-12)15(7-14-9)6-8-1-2-13-5-8/h7-8,13H,1-2,5-6H2. The molecule has 76 valence electrons. The molecule has 1 fully saturated rings. The Kier molecular flexibility index (Phi) is 2.66. The molecule has 2 rings (SSSR count). The van der Waals surface area contributed by atoms with Crippen molar-refractivity contribution < 1.29 is 0 Å². The molecule has 0 aromatic carbocycles. The molecule has 15 heavy (non-hydrogen) atoms. The van der Waals surface area contributed by atoms with Crippen LogP contribution in [0.4, 0.5) is 0 Å². The minimum Gasteiger partial charge on any atom is -0.321 e. The molecule has 0 radical (unpaired) electrons. The van der Waals surface area contributed by atoms with E-state index < -0.39 is 0 Å². The fourth-order valence-corrected chi connectivity index (χ4v) is 1.87. The van der Waals surface area contributed by atoms with Gasteiger partial charge in [0.1, 0.15) is 12.1 Å². The van der Waals surface area contributed by atoms with Crippen LogP contribution in [0.1, 0.15) is 17.8 Å². The molecule has 1 unspecified atom stereocenters. The first-order valence-electron chi connectivity index (χ1n) is 4.91. The normalized spacial score (nSPS) is 19.7. The summed E-state index contributed by atoms with van der Waals surface area (Å²) >= 11 is 0. The molecule has 0 bridgehead atoms. The summed E-state index contributed by atoms with van der Waals surface area (Å²) in [5, 5.41) is 20.9. The van der Waals surface area contributed by atoms with Crippen LogP contribution in [-0.4, -0.2) is 22.6 Å². The number of rotatable bonds is 2. The van der Waals surface area contributed by atoms with E-state index in [9.17, 15) is 0 Å². The Balaban J connectivity index is 2.18. The Morgan fingerprint density at radius 1 is 1.53 bits per heavy atom. The molecule has 1 saturated heterocycles. The third-order valence-electron chi connectivity index (χ3n) is 2.67. The summed E-state index contributed by atoms with van der Waals surface area (Å²) in [6.07, 6.45) is 2.69. The predicted molar refractivity (Wildman–Crippen MR) is 52.6 cm³/mol. The van der Waals surface area contributed by atoms with E-state index in [0.717, 1.165) is 26.1 Å². The van der Waals surface area contributed by atoms with Crippen LogP contribution in [0.2, 0.25) is 0 Å². The number of nitriles is 2. The molecule has 1 aromatic heterocycles. The van der Waals surface area contributed by atoms with Crippen LogP contribution in [0, 0.1) is 28.6 Å². The van der Waals surface area contributed by atoms with E-state index in [1.54, 1.807) is 10.9 Å². The molecule has 1 aliphatic rings. The van der Waals surface area contributed by atoms with Gasteiger partial charge in [0.2, 0.25) is 0 Å². The maximum Gasteiger partial charge on any atom is 0.176 e. The fourth-order valence-electron chi connectivity index (χ4n) is 1.87. The van der Waals surface area contributed by atoms with Crippen LogP contribution in [0.5, 0.6) is 0 Å². The highest BCUT2D eigenvalue weighted by Crippen LogP contribution is 2.13. The molecule has 0 spiro atoms. The first-order chi connectivity index (χ1) is 7.35. The van der Waals surface area contributed by atoms with E-state index in [-0.39, 0.29) is 5.69 Å². The lowest BCUT2D eigenvalue weighted by Gasteiger charge is -2.09. The molecule has 0 saturated carbocycles. The van der Waals surface area contributed by atoms with E-state index in [1.165, 1.54) is 0 Å². The SMILES string of the molecule is N#Cc1ncn(CC2CCNC2)c1C#N. The Hall–Kier alpha value is -1.85. The Bertz CT molecular complexity index is 428. The maximum absolute atomic E-state index is 8.92. The zero-order chi connectivity index (χ0) is 10.7. The minimum absolute atomic E-state index is 0.225. The Labute approximate surface area is 88.0 Å². The number of nitrogens with zero attached hydrogens (tertiary/aromatic N) is 4. The van der Waals surface area contributed by atoms with Crippen LogP contribution >= 0.6 is 0 Å². The van der Waals surface area contributed by atoms with Crippen molar-refractivity contribution in [2.24, 2.45) is 5.92 Å². The smallest absolute Gasteiger partial charge is 0.176 e. The average Bonchev–Trinajstić information content (AvgIpc) is 2.87. The molecule has 0 amide bonds. The van der Waals surface area contributed by atoms with Crippen molar-refractivity contribution >= 4 is 0 Å². The highest BCUT2D eigenvalue weighted by molar-refractivity contribution is 5.36. The van der Waals surface area contributed by atoms with Gasteiger partial charge in [0.05, 0.1) is 6.33 Å². The van der Waals surface area contributed by atoms with Gasteiger partial charge < -0.3 is 9.88 Å². The molecule has 1 atom stereocenters. The molecule has 1 N–H and O–H groups in total. The van der Waals surface area contributed by atoms with Crippen molar-refractivity contribution in [3.8, 4) is 12.1 Å². The van der Waals surface area contributed by atoms with Crippen molar-refractivity contribution in [1.82, 2.24) is 14.9 Å². The van der Waals surface area contributed by atoms with E-state index in [2.05, 4.69) is 10.3 Å². The van der Waals surface area contributed by atoms with Gasteiger partial charge >= 0.3 is 0 Å². The van der Waals surface area contributed by atoms with Gasteiger partial charge in [-0.15, -0.1) is 0 Å². The van der Waals surface area contributed by atoms with Gasteiger partial charge in [-0.05, 0) is 25.4 Å². The van der Waals surface area contributed by atoms with Crippen molar-refractivity contribution in [1.29, 1.82) is 10.5 Å². The number of aromatic nitrogens is 2. The molecule has 0 aliphatic carbocycles. The third-order valence-corrected chi connectivity index (χ3v) is 2.67. The maximum atomic E-state index is 8.92. The first-order valence-corrected chi connectivity index (χ1v) is 4.91. The van der Waals surface area contributed by atoms with Crippen molar-refractivity contribution in [3.05, 3.63) is 17.7 Å². The van der Waals surface area contributed by atoms with Gasteiger partial charge in [-0.3, -0.25) is 0 Å². The van der Waals surface area contributed by atoms with Gasteiger partial charge in [0.25, 0.3) is 0 Å². The quantitative estimate of drug-likeness (QED) is 0.743. The minimum atomic E-state index is 0.225. The Morgan fingerprint density at radius 3 is 3.00 bits per heavy atom. The summed E-state index contributed by atoms with van der Waals surface area (Å²) < 4.78 is 1.77. The van der Waals surface area contributed by atoms with Gasteiger partial charge in [-0.1, -0.05) is 0 Å². The summed E-state index contributed by atoms with van der Waals surface area (Å²) in [7, 11) is 0. The lowest BCUT2D eigenvalue weighted by molar-refractivity contribution is 0.479. The van der Waals surface area contributed by atoms with Crippen LogP contribution in [0.3, 0.4) is 0 Å². The lowest BCUT2D eigenvalue weighted by atomic mass is 10.1. The number of hydrogen-bond donors (Lipinski definition) is 1. The monoisotopic (exact) mass is 201 g/mol. The largest absolute Gasteiger partial charge is 0.321 e. The van der Waals surface area contributed by atoms with Gasteiger partial charge in [0, 0.05) is 6.54 Å². The third kappa shape index (κ3) is 1.83. The molecule has 2 heterocycles. The summed E-state index contributed by atoms with van der Waals surface area (Å²) in [4.78, 5) is 3.91. The zero-order valence-electron chi connectivity index (χ0n) is 8.27. The van der Waals surface area contributed by atoms with Gasteiger partial charge in [0.15, 0.2) is 11.4 Å². The second-order valence-corrected chi connectivity index (χ2v) is 3.68.